The van der Waals surface area contributed by atoms with E-state index in [4.69, 9.17) is 4.42 Å². The first-order valence-corrected chi connectivity index (χ1v) is 10.6. The van der Waals surface area contributed by atoms with E-state index in [2.05, 4.69) is 43.9 Å². The van der Waals surface area contributed by atoms with Crippen molar-refractivity contribution in [1.29, 1.82) is 0 Å². The maximum Gasteiger partial charge on any atom is 0.608 e. The van der Waals surface area contributed by atoms with Crippen LogP contribution in [0.4, 0.5) is 0 Å². The lowest BCUT2D eigenvalue weighted by Crippen LogP contribution is -2.43. The Hall–Kier alpha value is -2.20. The van der Waals surface area contributed by atoms with Gasteiger partial charge in [0.15, 0.2) is 11.8 Å². The molecular formula is C17H16NO2Si+. The van der Waals surface area contributed by atoms with Gasteiger partial charge < -0.3 is 4.42 Å². The molecular weight excluding hydrogens is 278 g/mol. The number of hydrogen-bond acceptors (Lipinski definition) is 2. The molecule has 0 aliphatic heterocycles. The lowest BCUT2D eigenvalue weighted by molar-refractivity contribution is -0.542. The van der Waals surface area contributed by atoms with E-state index in [9.17, 15) is 4.79 Å². The van der Waals surface area contributed by atoms with Gasteiger partial charge in [-0.3, -0.25) is 0 Å². The van der Waals surface area contributed by atoms with Gasteiger partial charge in [0.25, 0.3) is 0 Å². The second kappa shape index (κ2) is 3.92. The molecule has 4 aromatic rings. The zero-order valence-corrected chi connectivity index (χ0v) is 13.3. The Balaban J connectivity index is 2.39. The second-order valence-electron chi connectivity index (χ2n) is 6.54. The van der Waals surface area contributed by atoms with Crippen molar-refractivity contribution in [1.82, 2.24) is 0 Å². The Kier molecular flexibility index (Phi) is 2.34. The first-order valence-electron chi connectivity index (χ1n) is 7.09. The Morgan fingerprint density at radius 2 is 1.71 bits per heavy atom. The van der Waals surface area contributed by atoms with Crippen molar-refractivity contribution in [3.8, 4) is 0 Å². The molecule has 0 atom stereocenters. The van der Waals surface area contributed by atoms with Crippen molar-refractivity contribution in [2.24, 2.45) is 0 Å². The highest BCUT2D eigenvalue weighted by Gasteiger charge is 2.26. The normalized spacial score (nSPS) is 12.7. The average molecular weight is 294 g/mol. The molecule has 2 aromatic heterocycles. The Bertz CT molecular complexity index is 1040. The van der Waals surface area contributed by atoms with Gasteiger partial charge in [0, 0.05) is 11.5 Å². The summed E-state index contributed by atoms with van der Waals surface area (Å²) in [5, 5.41) is 4.45. The van der Waals surface area contributed by atoms with Crippen LogP contribution in [0.3, 0.4) is 0 Å². The SMILES string of the molecule is C[Si](C)(C)c1ccc2ccc3ccc[n+]4c(=O)oc1c2c34. The molecule has 0 bridgehead atoms. The van der Waals surface area contributed by atoms with E-state index in [0.29, 0.717) is 0 Å². The largest absolute Gasteiger partial charge is 0.608 e. The number of hydrogen-bond donors (Lipinski definition) is 0. The van der Waals surface area contributed by atoms with E-state index < -0.39 is 8.07 Å². The van der Waals surface area contributed by atoms with Gasteiger partial charge in [-0.2, -0.15) is 4.79 Å². The Labute approximate surface area is 122 Å². The molecule has 0 radical (unpaired) electrons. The molecule has 3 nitrogen and oxygen atoms in total. The second-order valence-corrected chi connectivity index (χ2v) is 11.6. The molecule has 0 unspecified atom stereocenters. The molecule has 0 aliphatic rings. The summed E-state index contributed by atoms with van der Waals surface area (Å²) in [6, 6.07) is 12.3. The third kappa shape index (κ3) is 1.66. The quantitative estimate of drug-likeness (QED) is 0.307. The maximum atomic E-state index is 12.3. The van der Waals surface area contributed by atoms with Gasteiger partial charge in [-0.05, 0) is 22.7 Å². The fraction of sp³-hybridized carbons (Fsp3) is 0.176. The minimum absolute atomic E-state index is 0.314. The summed E-state index contributed by atoms with van der Waals surface area (Å²) >= 11 is 0. The van der Waals surface area contributed by atoms with E-state index in [1.54, 1.807) is 10.6 Å². The summed E-state index contributed by atoms with van der Waals surface area (Å²) < 4.78 is 7.32. The van der Waals surface area contributed by atoms with Crippen LogP contribution in [0.1, 0.15) is 0 Å². The van der Waals surface area contributed by atoms with Gasteiger partial charge >= 0.3 is 5.76 Å². The number of aromatic nitrogens is 1. The molecule has 0 aliphatic carbocycles. The molecule has 4 rings (SSSR count). The fourth-order valence-electron chi connectivity index (χ4n) is 3.07. The smallest absolute Gasteiger partial charge is 0.371 e. The predicted molar refractivity (Wildman–Crippen MR) is 87.3 cm³/mol. The molecule has 21 heavy (non-hydrogen) atoms. The predicted octanol–water partition coefficient (Wildman–Crippen LogP) is 2.67. The van der Waals surface area contributed by atoms with Crippen molar-refractivity contribution in [2.45, 2.75) is 19.6 Å². The third-order valence-electron chi connectivity index (χ3n) is 4.09. The molecule has 0 N–H and O–H groups in total. The number of rotatable bonds is 1. The minimum Gasteiger partial charge on any atom is -0.371 e. The van der Waals surface area contributed by atoms with E-state index in [1.165, 1.54) is 5.19 Å². The van der Waals surface area contributed by atoms with Gasteiger partial charge in [0.2, 0.25) is 5.52 Å². The summed E-state index contributed by atoms with van der Waals surface area (Å²) in [6.45, 7) is 6.81. The van der Waals surface area contributed by atoms with Crippen LogP contribution in [-0.2, 0) is 0 Å². The van der Waals surface area contributed by atoms with Gasteiger partial charge in [-0.1, -0.05) is 42.2 Å². The topological polar surface area (TPSA) is 34.3 Å². The number of nitrogens with zero attached hydrogens (tertiary/aromatic N) is 1. The van der Waals surface area contributed by atoms with Gasteiger partial charge in [-0.15, -0.1) is 0 Å². The minimum atomic E-state index is -1.59. The number of benzene rings is 2. The fourth-order valence-corrected chi connectivity index (χ4v) is 4.51. The lowest BCUT2D eigenvalue weighted by Gasteiger charge is -2.18. The standard InChI is InChI=1S/C17H16NO2Si/c1-21(2,3)13-9-8-11-6-7-12-5-4-10-18-15(12)14(11)16(13)20-17(18)19/h4-10H,1-3H3/q+1. The van der Waals surface area contributed by atoms with Crippen molar-refractivity contribution in [3.05, 3.63) is 53.1 Å². The molecule has 0 spiro atoms. The highest BCUT2D eigenvalue weighted by atomic mass is 28.3. The highest BCUT2D eigenvalue weighted by Crippen LogP contribution is 2.27. The lowest BCUT2D eigenvalue weighted by atomic mass is 10.1. The van der Waals surface area contributed by atoms with Crippen LogP contribution in [0.5, 0.6) is 0 Å². The van der Waals surface area contributed by atoms with E-state index >= 15 is 0 Å². The molecule has 0 saturated heterocycles. The van der Waals surface area contributed by atoms with Crippen LogP contribution in [0.2, 0.25) is 19.6 Å². The van der Waals surface area contributed by atoms with Gasteiger partial charge in [0.05, 0.1) is 13.5 Å². The summed E-state index contributed by atoms with van der Waals surface area (Å²) in [5.74, 6) is -0.314. The van der Waals surface area contributed by atoms with E-state index in [1.807, 2.05) is 12.1 Å². The molecule has 0 saturated carbocycles. The molecule has 0 amide bonds. The molecule has 104 valence electrons. The van der Waals surface area contributed by atoms with Crippen molar-refractivity contribution in [3.63, 3.8) is 0 Å². The van der Waals surface area contributed by atoms with Crippen molar-refractivity contribution < 1.29 is 8.82 Å². The van der Waals surface area contributed by atoms with Crippen LogP contribution < -0.4 is 15.3 Å². The van der Waals surface area contributed by atoms with Crippen molar-refractivity contribution >= 4 is 40.5 Å². The van der Waals surface area contributed by atoms with Crippen LogP contribution in [0.15, 0.2) is 51.8 Å². The van der Waals surface area contributed by atoms with Gasteiger partial charge in [0.1, 0.15) is 0 Å². The zero-order valence-electron chi connectivity index (χ0n) is 12.3. The number of pyridine rings is 1. The maximum absolute atomic E-state index is 12.3. The first-order chi connectivity index (χ1) is 9.97. The summed E-state index contributed by atoms with van der Waals surface area (Å²) in [5.41, 5.74) is 1.73. The zero-order chi connectivity index (χ0) is 14.8. The highest BCUT2D eigenvalue weighted by molar-refractivity contribution is 6.90. The summed E-state index contributed by atoms with van der Waals surface area (Å²) in [6.07, 6.45) is 1.77. The van der Waals surface area contributed by atoms with Crippen LogP contribution >= 0.6 is 0 Å². The third-order valence-corrected chi connectivity index (χ3v) is 6.10. The van der Waals surface area contributed by atoms with Crippen LogP contribution in [0.25, 0.3) is 27.3 Å². The van der Waals surface area contributed by atoms with Crippen molar-refractivity contribution in [2.75, 3.05) is 0 Å². The van der Waals surface area contributed by atoms with E-state index in [0.717, 1.165) is 27.3 Å². The average Bonchev–Trinajstić information content (AvgIpc) is 2.44. The molecule has 0 fully saturated rings. The molecule has 2 aromatic carbocycles. The molecule has 4 heteroatoms. The molecule has 2 heterocycles. The first kappa shape index (κ1) is 12.5. The Morgan fingerprint density at radius 1 is 1.00 bits per heavy atom. The van der Waals surface area contributed by atoms with E-state index in [-0.39, 0.29) is 5.76 Å². The van der Waals surface area contributed by atoms with Gasteiger partial charge in [-0.25, -0.2) is 0 Å². The van der Waals surface area contributed by atoms with Crippen LogP contribution in [0, 0.1) is 0 Å². The van der Waals surface area contributed by atoms with Crippen LogP contribution in [-0.4, -0.2) is 8.07 Å². The Morgan fingerprint density at radius 3 is 2.48 bits per heavy atom. The summed E-state index contributed by atoms with van der Waals surface area (Å²) in [4.78, 5) is 12.3. The monoisotopic (exact) mass is 294 g/mol. The summed E-state index contributed by atoms with van der Waals surface area (Å²) in [7, 11) is -1.59.